The molecule has 1 aliphatic heterocycles. The van der Waals surface area contributed by atoms with Crippen LogP contribution in [0.25, 0.3) is 0 Å². The van der Waals surface area contributed by atoms with Gasteiger partial charge in [0.1, 0.15) is 5.82 Å². The molecule has 2 rings (SSSR count). The predicted octanol–water partition coefficient (Wildman–Crippen LogP) is 1.14. The third-order valence-corrected chi connectivity index (χ3v) is 3.90. The lowest BCUT2D eigenvalue weighted by Crippen LogP contribution is -2.41. The fourth-order valence-electron chi connectivity index (χ4n) is 1.84. The highest BCUT2D eigenvalue weighted by Gasteiger charge is 2.19. The third kappa shape index (κ3) is 2.65. The quantitative estimate of drug-likeness (QED) is 0.855. The summed E-state index contributed by atoms with van der Waals surface area (Å²) in [5, 5.41) is 3.07. The van der Waals surface area contributed by atoms with Crippen molar-refractivity contribution >= 4 is 17.6 Å². The summed E-state index contributed by atoms with van der Waals surface area (Å²) in [6.45, 7) is 4.10. The first kappa shape index (κ1) is 11.7. The summed E-state index contributed by atoms with van der Waals surface area (Å²) in [7, 11) is 1.92. The Morgan fingerprint density at radius 2 is 2.38 bits per heavy atom. The van der Waals surface area contributed by atoms with Crippen LogP contribution >= 0.6 is 11.8 Å². The van der Waals surface area contributed by atoms with Crippen molar-refractivity contribution in [2.45, 2.75) is 19.5 Å². The van der Waals surface area contributed by atoms with E-state index in [4.69, 9.17) is 0 Å². The van der Waals surface area contributed by atoms with Crippen LogP contribution in [-0.2, 0) is 6.54 Å². The second-order valence-corrected chi connectivity index (χ2v) is 5.16. The van der Waals surface area contributed by atoms with Gasteiger partial charge in [0.25, 0.3) is 0 Å². The molecule has 1 aliphatic rings. The van der Waals surface area contributed by atoms with Gasteiger partial charge in [0.15, 0.2) is 0 Å². The molecule has 1 fully saturated rings. The molecule has 1 saturated heterocycles. The Morgan fingerprint density at radius 3 is 3.00 bits per heavy atom. The minimum Gasteiger partial charge on any atom is -0.351 e. The van der Waals surface area contributed by atoms with E-state index < -0.39 is 0 Å². The summed E-state index contributed by atoms with van der Waals surface area (Å²) in [6.07, 6.45) is 3.75. The molecule has 0 spiro atoms. The van der Waals surface area contributed by atoms with Gasteiger partial charge in [0, 0.05) is 30.6 Å². The van der Waals surface area contributed by atoms with E-state index in [1.807, 2.05) is 31.2 Å². The Kier molecular flexibility index (Phi) is 4.01. The molecule has 2 heterocycles. The normalized spacial score (nSPS) is 21.1. The zero-order valence-electron chi connectivity index (χ0n) is 9.81. The van der Waals surface area contributed by atoms with Crippen LogP contribution in [0, 0.1) is 0 Å². The van der Waals surface area contributed by atoms with E-state index in [2.05, 4.69) is 27.1 Å². The van der Waals surface area contributed by atoms with Crippen LogP contribution in [-0.4, -0.2) is 41.1 Å². The maximum atomic E-state index is 4.49. The molecule has 1 atom stereocenters. The van der Waals surface area contributed by atoms with E-state index >= 15 is 0 Å². The Labute approximate surface area is 101 Å². The van der Waals surface area contributed by atoms with Gasteiger partial charge in [-0.1, -0.05) is 0 Å². The number of anilines is 1. The van der Waals surface area contributed by atoms with Gasteiger partial charge in [-0.15, -0.1) is 0 Å². The highest BCUT2D eigenvalue weighted by molar-refractivity contribution is 7.99. The van der Waals surface area contributed by atoms with E-state index in [0.717, 1.165) is 24.6 Å². The topological polar surface area (TPSA) is 41.1 Å². The molecular weight excluding hydrogens is 220 g/mol. The molecule has 88 valence electrons. The van der Waals surface area contributed by atoms with E-state index in [0.29, 0.717) is 6.04 Å². The maximum absolute atomic E-state index is 4.49. The molecule has 1 N–H and O–H groups in total. The summed E-state index contributed by atoms with van der Waals surface area (Å²) >= 11 is 2.01. The highest BCUT2D eigenvalue weighted by Crippen LogP contribution is 2.21. The lowest BCUT2D eigenvalue weighted by atomic mass is 10.3. The number of hydrogen-bond acceptors (Lipinski definition) is 5. The zero-order valence-corrected chi connectivity index (χ0v) is 10.6. The van der Waals surface area contributed by atoms with E-state index in [1.54, 1.807) is 0 Å². The van der Waals surface area contributed by atoms with Crippen molar-refractivity contribution in [1.29, 1.82) is 0 Å². The van der Waals surface area contributed by atoms with Gasteiger partial charge in [-0.05, 0) is 14.0 Å². The van der Waals surface area contributed by atoms with Crippen LogP contribution in [0.3, 0.4) is 0 Å². The summed E-state index contributed by atoms with van der Waals surface area (Å²) in [6, 6.07) is 0.559. The Balaban J connectivity index is 2.08. The zero-order chi connectivity index (χ0) is 11.4. The molecule has 0 aliphatic carbocycles. The molecule has 0 aromatic carbocycles. The first-order chi connectivity index (χ1) is 7.81. The Hall–Kier alpha value is -0.810. The first-order valence-corrected chi connectivity index (χ1v) is 6.76. The smallest absolute Gasteiger partial charge is 0.147 e. The summed E-state index contributed by atoms with van der Waals surface area (Å²) in [5.74, 6) is 3.37. The first-order valence-electron chi connectivity index (χ1n) is 5.61. The molecule has 1 aromatic heterocycles. The summed E-state index contributed by atoms with van der Waals surface area (Å²) < 4.78 is 0. The van der Waals surface area contributed by atoms with Gasteiger partial charge in [-0.25, -0.2) is 4.98 Å². The van der Waals surface area contributed by atoms with E-state index in [1.165, 1.54) is 11.5 Å². The van der Waals surface area contributed by atoms with Crippen molar-refractivity contribution in [3.05, 3.63) is 18.1 Å². The number of hydrogen-bond donors (Lipinski definition) is 1. The molecule has 0 radical (unpaired) electrons. The van der Waals surface area contributed by atoms with Crippen molar-refractivity contribution in [2.24, 2.45) is 0 Å². The summed E-state index contributed by atoms with van der Waals surface area (Å²) in [4.78, 5) is 11.2. The third-order valence-electron chi connectivity index (χ3n) is 2.71. The summed E-state index contributed by atoms with van der Waals surface area (Å²) in [5.41, 5.74) is 0.991. The molecule has 0 saturated carbocycles. The monoisotopic (exact) mass is 238 g/mol. The van der Waals surface area contributed by atoms with E-state index in [-0.39, 0.29) is 0 Å². The van der Waals surface area contributed by atoms with E-state index in [9.17, 15) is 0 Å². The van der Waals surface area contributed by atoms with Crippen molar-refractivity contribution < 1.29 is 0 Å². The highest BCUT2D eigenvalue weighted by atomic mass is 32.2. The molecule has 0 amide bonds. The number of thioether (sulfide) groups is 1. The molecule has 1 unspecified atom stereocenters. The van der Waals surface area contributed by atoms with Gasteiger partial charge < -0.3 is 10.2 Å². The minimum atomic E-state index is 0.559. The standard InChI is InChI=1S/C11H18N4S/c1-9-8-16-4-3-15(9)11-7-13-10(5-12-2)6-14-11/h6-7,9,12H,3-5,8H2,1-2H3. The molecule has 16 heavy (non-hydrogen) atoms. The fourth-order valence-corrected chi connectivity index (χ4v) is 2.85. The van der Waals surface area contributed by atoms with Crippen LogP contribution in [0.15, 0.2) is 12.4 Å². The average molecular weight is 238 g/mol. The average Bonchev–Trinajstić information content (AvgIpc) is 2.31. The van der Waals surface area contributed by atoms with Crippen molar-refractivity contribution in [1.82, 2.24) is 15.3 Å². The van der Waals surface area contributed by atoms with Crippen LogP contribution in [0.2, 0.25) is 0 Å². The largest absolute Gasteiger partial charge is 0.351 e. The second-order valence-electron chi connectivity index (χ2n) is 4.01. The van der Waals surface area contributed by atoms with Gasteiger partial charge >= 0.3 is 0 Å². The van der Waals surface area contributed by atoms with Crippen molar-refractivity contribution in [3.8, 4) is 0 Å². The Bertz CT molecular complexity index is 327. The van der Waals surface area contributed by atoms with Gasteiger partial charge in [-0.3, -0.25) is 4.98 Å². The van der Waals surface area contributed by atoms with Crippen LogP contribution in [0.5, 0.6) is 0 Å². The molecule has 1 aromatic rings. The molecule has 0 bridgehead atoms. The number of nitrogens with one attached hydrogen (secondary N) is 1. The number of aromatic nitrogens is 2. The van der Waals surface area contributed by atoms with Crippen molar-refractivity contribution in [3.63, 3.8) is 0 Å². The SMILES string of the molecule is CNCc1cnc(N2CCSCC2C)cn1. The van der Waals surface area contributed by atoms with Crippen LogP contribution < -0.4 is 10.2 Å². The Morgan fingerprint density at radius 1 is 1.50 bits per heavy atom. The van der Waals surface area contributed by atoms with Gasteiger partial charge in [0.05, 0.1) is 18.1 Å². The molecular formula is C11H18N4S. The van der Waals surface area contributed by atoms with Crippen LogP contribution in [0.4, 0.5) is 5.82 Å². The predicted molar refractivity (Wildman–Crippen MR) is 68.9 cm³/mol. The fraction of sp³-hybridized carbons (Fsp3) is 0.636. The molecule has 5 heteroatoms. The minimum absolute atomic E-state index is 0.559. The van der Waals surface area contributed by atoms with Crippen LogP contribution in [0.1, 0.15) is 12.6 Å². The second kappa shape index (κ2) is 5.50. The molecule has 4 nitrogen and oxygen atoms in total. The van der Waals surface area contributed by atoms with Crippen molar-refractivity contribution in [2.75, 3.05) is 30.0 Å². The van der Waals surface area contributed by atoms with Gasteiger partial charge in [-0.2, -0.15) is 11.8 Å². The lowest BCUT2D eigenvalue weighted by Gasteiger charge is -2.33. The number of rotatable bonds is 3. The lowest BCUT2D eigenvalue weighted by molar-refractivity contribution is 0.684. The maximum Gasteiger partial charge on any atom is 0.147 e. The number of nitrogens with zero attached hydrogens (tertiary/aromatic N) is 3. The van der Waals surface area contributed by atoms with Gasteiger partial charge in [0.2, 0.25) is 0 Å².